The molecule has 0 radical (unpaired) electrons. The van der Waals surface area contributed by atoms with Gasteiger partial charge < -0.3 is 4.90 Å². The normalized spacial score (nSPS) is 18.1. The summed E-state index contributed by atoms with van der Waals surface area (Å²) in [5.74, 6) is -5.59. The van der Waals surface area contributed by atoms with E-state index in [-0.39, 0.29) is 18.1 Å². The van der Waals surface area contributed by atoms with Crippen LogP contribution in [-0.2, 0) is 14.6 Å². The van der Waals surface area contributed by atoms with E-state index in [0.717, 1.165) is 0 Å². The van der Waals surface area contributed by atoms with Crippen LogP contribution in [0.1, 0.15) is 19.8 Å². The lowest BCUT2D eigenvalue weighted by Gasteiger charge is -2.19. The maximum absolute atomic E-state index is 12.9. The number of sulfone groups is 1. The summed E-state index contributed by atoms with van der Waals surface area (Å²) in [6.45, 7) is 1.97. The van der Waals surface area contributed by atoms with E-state index in [9.17, 15) is 22.0 Å². The quantitative estimate of drug-likeness (QED) is 0.640. The first-order chi connectivity index (χ1) is 13.1. The van der Waals surface area contributed by atoms with Crippen molar-refractivity contribution in [2.45, 2.75) is 25.7 Å². The first kappa shape index (κ1) is 20.7. The Morgan fingerprint density at radius 1 is 1.46 bits per heavy atom. The number of carbonyl (C=O) groups excluding carboxylic acids is 1. The molecular formula is C17H19ClF2N4O3S. The molecule has 2 aromatic rings. The van der Waals surface area contributed by atoms with Gasteiger partial charge in [-0.1, -0.05) is 11.6 Å². The van der Waals surface area contributed by atoms with Crippen LogP contribution < -0.4 is 4.90 Å². The smallest absolute Gasteiger partial charge is 0.252 e. The average molecular weight is 433 g/mol. The Bertz CT molecular complexity index is 966. The molecule has 3 rings (SSSR count). The molecule has 2 aromatic heterocycles. The Labute approximate surface area is 166 Å². The van der Waals surface area contributed by atoms with E-state index in [4.69, 9.17) is 11.6 Å². The fraction of sp³-hybridized carbons (Fsp3) is 0.471. The number of carbonyl (C=O) groups is 1. The van der Waals surface area contributed by atoms with Gasteiger partial charge in [-0.25, -0.2) is 21.9 Å². The summed E-state index contributed by atoms with van der Waals surface area (Å²) < 4.78 is 51.4. The first-order valence-electron chi connectivity index (χ1n) is 8.67. The number of halogens is 3. The van der Waals surface area contributed by atoms with Crippen molar-refractivity contribution in [2.75, 3.05) is 23.0 Å². The third kappa shape index (κ3) is 4.67. The fourth-order valence-electron chi connectivity index (χ4n) is 2.85. The number of nitrogens with zero attached hydrogens (tertiary/aromatic N) is 4. The van der Waals surface area contributed by atoms with Crippen LogP contribution in [0.25, 0.3) is 5.69 Å². The number of anilines is 1. The van der Waals surface area contributed by atoms with Gasteiger partial charge in [-0.05, 0) is 19.1 Å². The van der Waals surface area contributed by atoms with Crippen molar-refractivity contribution in [3.05, 3.63) is 35.9 Å². The second-order valence-electron chi connectivity index (χ2n) is 6.63. The Morgan fingerprint density at radius 3 is 2.75 bits per heavy atom. The molecule has 1 unspecified atom stereocenters. The number of alkyl halides is 2. The summed E-state index contributed by atoms with van der Waals surface area (Å²) in [5, 5.41) is 4.23. The van der Waals surface area contributed by atoms with Crippen molar-refractivity contribution in [3.63, 3.8) is 0 Å². The van der Waals surface area contributed by atoms with Crippen LogP contribution in [0.3, 0.4) is 0 Å². The average Bonchev–Trinajstić information content (AvgIpc) is 3.05. The van der Waals surface area contributed by atoms with Gasteiger partial charge >= 0.3 is 0 Å². The zero-order valence-electron chi connectivity index (χ0n) is 15.1. The van der Waals surface area contributed by atoms with E-state index in [0.29, 0.717) is 11.4 Å². The molecule has 28 heavy (non-hydrogen) atoms. The first-order valence-corrected chi connectivity index (χ1v) is 10.9. The molecule has 0 aliphatic heterocycles. The van der Waals surface area contributed by atoms with Gasteiger partial charge in [-0.15, -0.1) is 0 Å². The molecule has 0 N–H and O–H groups in total. The summed E-state index contributed by atoms with van der Waals surface area (Å²) in [5.41, 5.74) is 0.983. The second kappa shape index (κ2) is 7.75. The van der Waals surface area contributed by atoms with Crippen molar-refractivity contribution < 1.29 is 22.0 Å². The largest absolute Gasteiger partial charge is 0.308 e. The van der Waals surface area contributed by atoms with Gasteiger partial charge in [0.05, 0.1) is 29.6 Å². The molecule has 2 heterocycles. The molecule has 1 saturated carbocycles. The Morgan fingerprint density at radius 2 is 2.18 bits per heavy atom. The number of pyridine rings is 1. The van der Waals surface area contributed by atoms with Crippen LogP contribution in [0, 0.1) is 5.92 Å². The molecule has 1 amide bonds. The molecule has 152 valence electrons. The molecule has 11 heteroatoms. The standard InChI is InChI=1S/C17H19ClF2N4O3S/c1-2-23(14-10-24(22-16(14)18)13-4-3-6-21-9-13)15(25)5-7-28(26,27)11-12-8-17(12,19)20/h3-4,6,9-10,12H,2,5,7-8,11H2,1H3. The molecule has 0 saturated heterocycles. The summed E-state index contributed by atoms with van der Waals surface area (Å²) in [7, 11) is -3.75. The Hall–Kier alpha value is -2.07. The zero-order chi connectivity index (χ0) is 20.5. The summed E-state index contributed by atoms with van der Waals surface area (Å²) in [4.78, 5) is 17.9. The van der Waals surface area contributed by atoms with E-state index in [2.05, 4.69) is 10.1 Å². The van der Waals surface area contributed by atoms with Gasteiger partial charge in [0.2, 0.25) is 5.91 Å². The van der Waals surface area contributed by atoms with Crippen LogP contribution in [-0.4, -0.2) is 53.1 Å². The molecule has 1 fully saturated rings. The zero-order valence-corrected chi connectivity index (χ0v) is 16.6. The van der Waals surface area contributed by atoms with Gasteiger partial charge in [0, 0.05) is 31.5 Å². The minimum atomic E-state index is -3.75. The van der Waals surface area contributed by atoms with E-state index in [1.807, 2.05) is 0 Å². The highest BCUT2D eigenvalue weighted by Crippen LogP contribution is 2.49. The monoisotopic (exact) mass is 432 g/mol. The van der Waals surface area contributed by atoms with E-state index >= 15 is 0 Å². The highest BCUT2D eigenvalue weighted by Gasteiger charge is 2.58. The summed E-state index contributed by atoms with van der Waals surface area (Å²) in [6.07, 6.45) is 4.01. The van der Waals surface area contributed by atoms with Gasteiger partial charge in [0.15, 0.2) is 15.0 Å². The fourth-order valence-corrected chi connectivity index (χ4v) is 4.70. The van der Waals surface area contributed by atoms with Crippen molar-refractivity contribution in [1.29, 1.82) is 0 Å². The lowest BCUT2D eigenvalue weighted by molar-refractivity contribution is -0.118. The maximum atomic E-state index is 12.9. The SMILES string of the molecule is CCN(C(=O)CCS(=O)(=O)CC1CC1(F)F)c1cn(-c2cccnc2)nc1Cl. The van der Waals surface area contributed by atoms with Crippen molar-refractivity contribution in [2.24, 2.45) is 5.92 Å². The van der Waals surface area contributed by atoms with E-state index in [1.54, 1.807) is 37.6 Å². The predicted octanol–water partition coefficient (Wildman–Crippen LogP) is 2.73. The Balaban J connectivity index is 1.68. The molecule has 1 atom stereocenters. The third-order valence-corrected chi connectivity index (χ3v) is 6.51. The molecule has 1 aliphatic carbocycles. The molecule has 0 bridgehead atoms. The highest BCUT2D eigenvalue weighted by molar-refractivity contribution is 7.91. The van der Waals surface area contributed by atoms with Gasteiger partial charge in [0.25, 0.3) is 5.92 Å². The number of hydrogen-bond donors (Lipinski definition) is 0. The van der Waals surface area contributed by atoms with Gasteiger partial charge in [0.1, 0.15) is 5.69 Å². The molecular weight excluding hydrogens is 414 g/mol. The Kier molecular flexibility index (Phi) is 5.72. The summed E-state index contributed by atoms with van der Waals surface area (Å²) >= 11 is 6.16. The van der Waals surface area contributed by atoms with E-state index in [1.165, 1.54) is 9.58 Å². The molecule has 1 aliphatic rings. The highest BCUT2D eigenvalue weighted by atomic mass is 35.5. The van der Waals surface area contributed by atoms with Crippen LogP contribution in [0.15, 0.2) is 30.7 Å². The molecule has 0 aromatic carbocycles. The molecule has 0 spiro atoms. The number of aromatic nitrogens is 3. The van der Waals surface area contributed by atoms with Crippen LogP contribution in [0.2, 0.25) is 5.15 Å². The third-order valence-electron chi connectivity index (χ3n) is 4.51. The topological polar surface area (TPSA) is 85.2 Å². The van der Waals surface area contributed by atoms with E-state index < -0.39 is 45.5 Å². The van der Waals surface area contributed by atoms with Crippen molar-refractivity contribution in [1.82, 2.24) is 14.8 Å². The number of rotatable bonds is 8. The van der Waals surface area contributed by atoms with Gasteiger partial charge in [-0.3, -0.25) is 9.78 Å². The number of hydrogen-bond acceptors (Lipinski definition) is 5. The predicted molar refractivity (Wildman–Crippen MR) is 101 cm³/mol. The lowest BCUT2D eigenvalue weighted by atomic mass is 10.3. The van der Waals surface area contributed by atoms with Gasteiger partial charge in [-0.2, -0.15) is 5.10 Å². The second-order valence-corrected chi connectivity index (χ2v) is 9.21. The molecule has 7 nitrogen and oxygen atoms in total. The van der Waals surface area contributed by atoms with Crippen LogP contribution in [0.4, 0.5) is 14.5 Å². The minimum Gasteiger partial charge on any atom is -0.308 e. The van der Waals surface area contributed by atoms with Crippen LogP contribution in [0.5, 0.6) is 0 Å². The summed E-state index contributed by atoms with van der Waals surface area (Å²) in [6, 6.07) is 3.49. The van der Waals surface area contributed by atoms with Crippen molar-refractivity contribution >= 4 is 33.0 Å². The maximum Gasteiger partial charge on any atom is 0.252 e. The minimum absolute atomic E-state index is 0.0829. The van der Waals surface area contributed by atoms with Crippen LogP contribution >= 0.6 is 11.6 Å². The number of amides is 1. The van der Waals surface area contributed by atoms with Crippen molar-refractivity contribution in [3.8, 4) is 5.69 Å². The lowest BCUT2D eigenvalue weighted by Crippen LogP contribution is -2.32.